The molecule has 0 spiro atoms. The molecule has 0 fully saturated rings. The smallest absolute Gasteiger partial charge is 0.182 e. The second-order valence-corrected chi connectivity index (χ2v) is 3.77. The van der Waals surface area contributed by atoms with Crippen molar-refractivity contribution < 1.29 is 9.13 Å². The predicted octanol–water partition coefficient (Wildman–Crippen LogP) is 2.99. The molecule has 3 nitrogen and oxygen atoms in total. The third-order valence-corrected chi connectivity index (χ3v) is 2.65. The Balaban J connectivity index is 2.68. The number of methoxy groups -OCH3 is 1. The van der Waals surface area contributed by atoms with Gasteiger partial charge in [-0.05, 0) is 31.3 Å². The van der Waals surface area contributed by atoms with Crippen molar-refractivity contribution in [2.24, 2.45) is 0 Å². The van der Waals surface area contributed by atoms with Crippen LogP contribution >= 0.6 is 12.2 Å². The predicted molar refractivity (Wildman–Crippen MR) is 62.2 cm³/mol. The Morgan fingerprint density at radius 2 is 2.19 bits per heavy atom. The fraction of sp³-hybridized carbons (Fsp3) is 0.182. The molecular weight excluding hydrogens is 227 g/mol. The molecule has 0 bridgehead atoms. The molecule has 0 atom stereocenters. The third-order valence-electron chi connectivity index (χ3n) is 2.35. The van der Waals surface area contributed by atoms with Crippen LogP contribution in [-0.4, -0.2) is 16.7 Å². The average molecular weight is 238 g/mol. The Labute approximate surface area is 97.5 Å². The number of benzene rings is 1. The lowest BCUT2D eigenvalue weighted by molar-refractivity contribution is 0.413. The number of rotatable bonds is 2. The zero-order chi connectivity index (χ0) is 11.7. The number of halogens is 1. The number of imidazole rings is 1. The number of aryl methyl sites for hydroxylation is 1. The van der Waals surface area contributed by atoms with Crippen molar-refractivity contribution >= 4 is 12.2 Å². The summed E-state index contributed by atoms with van der Waals surface area (Å²) in [5, 5.41) is 0. The van der Waals surface area contributed by atoms with Crippen LogP contribution in [0.15, 0.2) is 24.4 Å². The molecule has 0 aliphatic carbocycles. The maximum absolute atomic E-state index is 13.7. The number of H-pyrrole nitrogens is 1. The molecule has 2 aromatic rings. The number of nitrogens with one attached hydrogen (secondary N) is 1. The Bertz CT molecular complexity index is 574. The van der Waals surface area contributed by atoms with Crippen molar-refractivity contribution in [3.63, 3.8) is 0 Å². The molecule has 1 N–H and O–H groups in total. The molecule has 2 rings (SSSR count). The van der Waals surface area contributed by atoms with E-state index in [1.54, 1.807) is 30.0 Å². The number of hydrogen-bond acceptors (Lipinski definition) is 2. The lowest BCUT2D eigenvalue weighted by Crippen LogP contribution is -2.00. The summed E-state index contributed by atoms with van der Waals surface area (Å²) in [5.74, 6) is 0.262. The van der Waals surface area contributed by atoms with Crippen molar-refractivity contribution in [2.75, 3.05) is 7.11 Å². The molecule has 0 aliphatic heterocycles. The van der Waals surface area contributed by atoms with Crippen molar-refractivity contribution in [1.29, 1.82) is 0 Å². The topological polar surface area (TPSA) is 29.9 Å². The summed E-state index contributed by atoms with van der Waals surface area (Å²) in [4.78, 5) is 2.87. The highest BCUT2D eigenvalue weighted by Gasteiger charge is 2.09. The van der Waals surface area contributed by atoms with Gasteiger partial charge in [-0.1, -0.05) is 0 Å². The molecule has 0 aliphatic rings. The quantitative estimate of drug-likeness (QED) is 0.815. The maximum atomic E-state index is 13.7. The molecule has 16 heavy (non-hydrogen) atoms. The van der Waals surface area contributed by atoms with Crippen molar-refractivity contribution in [1.82, 2.24) is 9.55 Å². The van der Waals surface area contributed by atoms with Crippen LogP contribution in [-0.2, 0) is 0 Å². The van der Waals surface area contributed by atoms with Gasteiger partial charge in [-0.15, -0.1) is 0 Å². The summed E-state index contributed by atoms with van der Waals surface area (Å²) >= 11 is 5.09. The Morgan fingerprint density at radius 3 is 2.75 bits per heavy atom. The zero-order valence-corrected chi connectivity index (χ0v) is 9.77. The van der Waals surface area contributed by atoms with Crippen LogP contribution in [0.4, 0.5) is 4.39 Å². The minimum atomic E-state index is -0.334. The molecule has 0 saturated heterocycles. The molecule has 1 heterocycles. The van der Waals surface area contributed by atoms with Crippen LogP contribution in [0.5, 0.6) is 5.75 Å². The lowest BCUT2D eigenvalue weighted by Gasteiger charge is -2.08. The molecular formula is C11H11FN2OS. The second kappa shape index (κ2) is 4.09. The minimum absolute atomic E-state index is 0.334. The van der Waals surface area contributed by atoms with Gasteiger partial charge >= 0.3 is 0 Å². The molecule has 1 aromatic carbocycles. The van der Waals surface area contributed by atoms with Crippen LogP contribution in [0, 0.1) is 17.5 Å². The average Bonchev–Trinajstić information content (AvgIpc) is 2.60. The van der Waals surface area contributed by atoms with E-state index in [9.17, 15) is 4.39 Å². The minimum Gasteiger partial charge on any atom is -0.497 e. The number of ether oxygens (including phenoxy) is 1. The highest BCUT2D eigenvalue weighted by molar-refractivity contribution is 7.71. The highest BCUT2D eigenvalue weighted by Crippen LogP contribution is 2.21. The van der Waals surface area contributed by atoms with Crippen LogP contribution in [0.1, 0.15) is 5.69 Å². The van der Waals surface area contributed by atoms with Crippen molar-refractivity contribution in [2.45, 2.75) is 6.92 Å². The van der Waals surface area contributed by atoms with Gasteiger partial charge in [0.15, 0.2) is 4.77 Å². The van der Waals surface area contributed by atoms with Gasteiger partial charge < -0.3 is 9.72 Å². The van der Waals surface area contributed by atoms with E-state index in [0.29, 0.717) is 16.2 Å². The SMILES string of the molecule is COc1ccc(F)c(-n2c(C)c[nH]c2=S)c1. The van der Waals surface area contributed by atoms with E-state index < -0.39 is 0 Å². The Kier molecular flexibility index (Phi) is 2.78. The summed E-state index contributed by atoms with van der Waals surface area (Å²) < 4.78 is 20.9. The summed E-state index contributed by atoms with van der Waals surface area (Å²) in [7, 11) is 1.54. The van der Waals surface area contributed by atoms with Crippen molar-refractivity contribution in [3.05, 3.63) is 40.7 Å². The van der Waals surface area contributed by atoms with Gasteiger partial charge in [0.2, 0.25) is 0 Å². The van der Waals surface area contributed by atoms with Gasteiger partial charge in [0.25, 0.3) is 0 Å². The fourth-order valence-corrected chi connectivity index (χ4v) is 1.85. The number of hydrogen-bond donors (Lipinski definition) is 1. The zero-order valence-electron chi connectivity index (χ0n) is 8.95. The summed E-state index contributed by atoms with van der Waals surface area (Å²) in [6.45, 7) is 1.85. The van der Waals surface area contributed by atoms with Gasteiger partial charge in [0, 0.05) is 18.0 Å². The summed E-state index contributed by atoms with van der Waals surface area (Å²) in [6.07, 6.45) is 1.74. The van der Waals surface area contributed by atoms with E-state index in [4.69, 9.17) is 17.0 Å². The van der Waals surface area contributed by atoms with Gasteiger partial charge in [-0.25, -0.2) is 4.39 Å². The largest absolute Gasteiger partial charge is 0.497 e. The molecule has 84 valence electrons. The number of nitrogens with zero attached hydrogens (tertiary/aromatic N) is 1. The van der Waals surface area contributed by atoms with E-state index in [2.05, 4.69) is 4.98 Å². The van der Waals surface area contributed by atoms with E-state index in [1.807, 2.05) is 6.92 Å². The Morgan fingerprint density at radius 1 is 1.44 bits per heavy atom. The lowest BCUT2D eigenvalue weighted by atomic mass is 10.2. The van der Waals surface area contributed by atoms with Gasteiger partial charge in [0.05, 0.1) is 12.8 Å². The second-order valence-electron chi connectivity index (χ2n) is 3.39. The first-order chi connectivity index (χ1) is 7.63. The van der Waals surface area contributed by atoms with E-state index >= 15 is 0 Å². The molecule has 1 aromatic heterocycles. The standard InChI is InChI=1S/C11H11FN2OS/c1-7-6-13-11(16)14(7)10-5-8(15-2)3-4-9(10)12/h3-6H,1-2H3,(H,13,16). The highest BCUT2D eigenvalue weighted by atomic mass is 32.1. The molecule has 0 saturated carbocycles. The maximum Gasteiger partial charge on any atom is 0.182 e. The van der Waals surface area contributed by atoms with Crippen LogP contribution in [0.2, 0.25) is 0 Å². The van der Waals surface area contributed by atoms with E-state index in [0.717, 1.165) is 5.69 Å². The summed E-state index contributed by atoms with van der Waals surface area (Å²) in [5.41, 5.74) is 1.24. The van der Waals surface area contributed by atoms with Gasteiger partial charge in [0.1, 0.15) is 11.6 Å². The van der Waals surface area contributed by atoms with Crippen LogP contribution < -0.4 is 4.74 Å². The van der Waals surface area contributed by atoms with Crippen LogP contribution in [0.3, 0.4) is 0 Å². The monoisotopic (exact) mass is 238 g/mol. The number of aromatic nitrogens is 2. The fourth-order valence-electron chi connectivity index (χ4n) is 1.55. The van der Waals surface area contributed by atoms with Gasteiger partial charge in [-0.2, -0.15) is 0 Å². The first-order valence-corrected chi connectivity index (χ1v) is 5.15. The van der Waals surface area contributed by atoms with E-state index in [-0.39, 0.29) is 5.82 Å². The van der Waals surface area contributed by atoms with E-state index in [1.165, 1.54) is 6.07 Å². The summed E-state index contributed by atoms with van der Waals surface area (Å²) in [6, 6.07) is 4.55. The molecule has 0 radical (unpaired) electrons. The first kappa shape index (κ1) is 10.9. The third kappa shape index (κ3) is 1.74. The molecule has 5 heteroatoms. The molecule has 0 amide bonds. The first-order valence-electron chi connectivity index (χ1n) is 4.74. The van der Waals surface area contributed by atoms with Crippen molar-refractivity contribution in [3.8, 4) is 11.4 Å². The van der Waals surface area contributed by atoms with Gasteiger partial charge in [-0.3, -0.25) is 4.57 Å². The number of aromatic amines is 1. The van der Waals surface area contributed by atoms with Crippen LogP contribution in [0.25, 0.3) is 5.69 Å². The molecule has 0 unspecified atom stereocenters. The normalized spacial score (nSPS) is 10.4. The Hall–Kier alpha value is -1.62.